The normalized spacial score (nSPS) is 23.2. The monoisotopic (exact) mass is 459 g/mol. The molecule has 2 atom stereocenters. The fourth-order valence-electron chi connectivity index (χ4n) is 3.71. The van der Waals surface area contributed by atoms with Crippen LogP contribution in [-0.4, -0.2) is 43.3 Å². The van der Waals surface area contributed by atoms with E-state index in [1.165, 1.54) is 23.9 Å². The third kappa shape index (κ3) is 4.77. The van der Waals surface area contributed by atoms with Gasteiger partial charge < -0.3 is 14.5 Å². The molecule has 0 saturated carbocycles. The lowest BCUT2D eigenvalue weighted by molar-refractivity contribution is -0.932. The largest absolute Gasteiger partial charge is 0.491 e. The number of benzene rings is 1. The second-order valence-corrected chi connectivity index (χ2v) is 8.34. The van der Waals surface area contributed by atoms with Gasteiger partial charge in [-0.3, -0.25) is 0 Å². The van der Waals surface area contributed by atoms with Gasteiger partial charge in [-0.2, -0.15) is 0 Å². The molecule has 2 unspecified atom stereocenters. The molecule has 0 amide bonds. The van der Waals surface area contributed by atoms with Crippen molar-refractivity contribution in [2.24, 2.45) is 0 Å². The van der Waals surface area contributed by atoms with Gasteiger partial charge in [0.2, 0.25) is 0 Å². The molecule has 1 heterocycles. The van der Waals surface area contributed by atoms with Crippen molar-refractivity contribution in [2.45, 2.75) is 39.2 Å². The van der Waals surface area contributed by atoms with Crippen molar-refractivity contribution in [3.05, 3.63) is 33.7 Å². The summed E-state index contributed by atoms with van der Waals surface area (Å²) in [5, 5.41) is 3.32. The van der Waals surface area contributed by atoms with Crippen LogP contribution in [0.3, 0.4) is 0 Å². The van der Waals surface area contributed by atoms with Gasteiger partial charge in [0.05, 0.1) is 41.2 Å². The Balaban J connectivity index is 1.91. The second-order valence-electron chi connectivity index (χ2n) is 6.63. The molecule has 1 fully saturated rings. The van der Waals surface area contributed by atoms with Crippen LogP contribution < -0.4 is 10.1 Å². The summed E-state index contributed by atoms with van der Waals surface area (Å²) < 4.78 is 9.20. The average molecular weight is 461 g/mol. The van der Waals surface area contributed by atoms with Crippen LogP contribution in [-0.2, 0) is 0 Å². The molecule has 1 N–H and O–H groups in total. The smallest absolute Gasteiger partial charge is 0.147 e. The first kappa shape index (κ1) is 19.8. The Hall–Kier alpha value is -0.520. The minimum absolute atomic E-state index is 0.737. The predicted molar refractivity (Wildman–Crippen MR) is 110 cm³/mol. The lowest BCUT2D eigenvalue weighted by Crippen LogP contribution is -2.51. The third-order valence-electron chi connectivity index (χ3n) is 5.03. The summed E-state index contributed by atoms with van der Waals surface area (Å²) in [7, 11) is 0. The standard InChI is InChI=1S/C19H29Br2N2O/c1-4-9-23(10-6-8-15(23)3)11-7-12-24-19-17(20)13-16(22-5-2)14-18(19)21/h4,13-15,22H,1,5-12H2,2-3H3/q+1. The van der Waals surface area contributed by atoms with Crippen LogP contribution in [0.1, 0.15) is 33.1 Å². The van der Waals surface area contributed by atoms with Crippen molar-refractivity contribution >= 4 is 37.5 Å². The molecular weight excluding hydrogens is 432 g/mol. The van der Waals surface area contributed by atoms with E-state index in [0.717, 1.165) is 59.1 Å². The summed E-state index contributed by atoms with van der Waals surface area (Å²) in [6, 6.07) is 4.87. The number of ether oxygens (including phenoxy) is 1. The molecule has 0 aromatic heterocycles. The first-order valence-electron chi connectivity index (χ1n) is 8.85. The maximum absolute atomic E-state index is 6.06. The van der Waals surface area contributed by atoms with Gasteiger partial charge in [-0.15, -0.1) is 0 Å². The number of rotatable bonds is 9. The summed E-state index contributed by atoms with van der Waals surface area (Å²) in [6.45, 7) is 13.6. The Labute approximate surface area is 163 Å². The van der Waals surface area contributed by atoms with Gasteiger partial charge in [0.15, 0.2) is 0 Å². The summed E-state index contributed by atoms with van der Waals surface area (Å²) in [6.07, 6.45) is 5.80. The molecule has 0 spiro atoms. The fourth-order valence-corrected chi connectivity index (χ4v) is 5.12. The highest BCUT2D eigenvalue weighted by molar-refractivity contribution is 9.11. The quantitative estimate of drug-likeness (QED) is 0.294. The minimum atomic E-state index is 0.737. The zero-order valence-corrected chi connectivity index (χ0v) is 18.0. The van der Waals surface area contributed by atoms with E-state index in [-0.39, 0.29) is 0 Å². The van der Waals surface area contributed by atoms with E-state index < -0.39 is 0 Å². The van der Waals surface area contributed by atoms with Crippen molar-refractivity contribution in [2.75, 3.05) is 38.1 Å². The topological polar surface area (TPSA) is 21.3 Å². The van der Waals surface area contributed by atoms with Gasteiger partial charge in [0, 0.05) is 31.5 Å². The molecule has 5 heteroatoms. The van der Waals surface area contributed by atoms with Crippen LogP contribution >= 0.6 is 31.9 Å². The Morgan fingerprint density at radius 1 is 1.38 bits per heavy atom. The average Bonchev–Trinajstić information content (AvgIpc) is 2.87. The summed E-state index contributed by atoms with van der Waals surface area (Å²) in [5.74, 6) is 0.890. The maximum atomic E-state index is 6.06. The van der Waals surface area contributed by atoms with Crippen molar-refractivity contribution in [3.63, 3.8) is 0 Å². The van der Waals surface area contributed by atoms with Gasteiger partial charge in [-0.05, 0) is 63.9 Å². The number of hydrogen-bond donors (Lipinski definition) is 1. The Kier molecular flexibility index (Phi) is 7.63. The molecular formula is C19H29Br2N2O+. The molecule has 1 aliphatic rings. The lowest BCUT2D eigenvalue weighted by Gasteiger charge is -2.38. The van der Waals surface area contributed by atoms with E-state index >= 15 is 0 Å². The zero-order chi connectivity index (χ0) is 17.6. The fraction of sp³-hybridized carbons (Fsp3) is 0.579. The molecule has 2 rings (SSSR count). The van der Waals surface area contributed by atoms with Crippen LogP contribution in [0.25, 0.3) is 0 Å². The third-order valence-corrected chi connectivity index (χ3v) is 6.20. The van der Waals surface area contributed by atoms with E-state index in [9.17, 15) is 0 Å². The number of likely N-dealkylation sites (tertiary alicyclic amines) is 1. The zero-order valence-electron chi connectivity index (χ0n) is 14.8. The number of nitrogens with zero attached hydrogens (tertiary/aromatic N) is 1. The van der Waals surface area contributed by atoms with Crippen molar-refractivity contribution < 1.29 is 9.22 Å². The predicted octanol–water partition coefficient (Wildman–Crippen LogP) is 5.60. The van der Waals surface area contributed by atoms with E-state index in [0.29, 0.717) is 0 Å². The molecule has 3 nitrogen and oxygen atoms in total. The van der Waals surface area contributed by atoms with Gasteiger partial charge in [0.1, 0.15) is 5.75 Å². The van der Waals surface area contributed by atoms with Crippen LogP contribution in [0.2, 0.25) is 0 Å². The highest BCUT2D eigenvalue weighted by Gasteiger charge is 2.37. The number of anilines is 1. The molecule has 1 aromatic rings. The van der Waals surface area contributed by atoms with E-state index in [1.54, 1.807) is 0 Å². The van der Waals surface area contributed by atoms with Crippen molar-refractivity contribution in [1.82, 2.24) is 0 Å². The molecule has 24 heavy (non-hydrogen) atoms. The van der Waals surface area contributed by atoms with Gasteiger partial charge in [0.25, 0.3) is 0 Å². The first-order chi connectivity index (χ1) is 11.5. The molecule has 1 aromatic carbocycles. The Morgan fingerprint density at radius 3 is 2.62 bits per heavy atom. The Bertz CT molecular complexity index is 541. The lowest BCUT2D eigenvalue weighted by atomic mass is 10.2. The molecule has 0 radical (unpaired) electrons. The van der Waals surface area contributed by atoms with Gasteiger partial charge in [-0.25, -0.2) is 0 Å². The van der Waals surface area contributed by atoms with E-state index in [4.69, 9.17) is 4.74 Å². The van der Waals surface area contributed by atoms with Crippen LogP contribution in [0.15, 0.2) is 33.7 Å². The summed E-state index contributed by atoms with van der Waals surface area (Å²) in [5.41, 5.74) is 1.09. The number of quaternary nitrogens is 1. The van der Waals surface area contributed by atoms with Crippen molar-refractivity contribution in [3.8, 4) is 5.75 Å². The van der Waals surface area contributed by atoms with Crippen LogP contribution in [0.4, 0.5) is 5.69 Å². The Morgan fingerprint density at radius 2 is 2.08 bits per heavy atom. The van der Waals surface area contributed by atoms with E-state index in [1.807, 2.05) is 0 Å². The van der Waals surface area contributed by atoms with E-state index in [2.05, 4.69) is 75.8 Å². The number of nitrogens with one attached hydrogen (secondary N) is 1. The SMILES string of the molecule is C=CC[N+]1(CCCOc2c(Br)cc(NCC)cc2Br)CCCC1C. The molecule has 1 aliphatic heterocycles. The molecule has 134 valence electrons. The van der Waals surface area contributed by atoms with Crippen LogP contribution in [0.5, 0.6) is 5.75 Å². The minimum Gasteiger partial charge on any atom is -0.491 e. The van der Waals surface area contributed by atoms with Crippen molar-refractivity contribution in [1.29, 1.82) is 0 Å². The second kappa shape index (κ2) is 9.25. The molecule has 0 bridgehead atoms. The highest BCUT2D eigenvalue weighted by Crippen LogP contribution is 2.36. The maximum Gasteiger partial charge on any atom is 0.147 e. The molecule has 1 saturated heterocycles. The first-order valence-corrected chi connectivity index (χ1v) is 10.4. The van der Waals surface area contributed by atoms with Gasteiger partial charge in [-0.1, -0.05) is 6.58 Å². The van der Waals surface area contributed by atoms with Gasteiger partial charge >= 0.3 is 0 Å². The number of halogens is 2. The highest BCUT2D eigenvalue weighted by atomic mass is 79.9. The molecule has 0 aliphatic carbocycles. The number of hydrogen-bond acceptors (Lipinski definition) is 2. The summed E-state index contributed by atoms with van der Waals surface area (Å²) in [4.78, 5) is 0. The summed E-state index contributed by atoms with van der Waals surface area (Å²) >= 11 is 7.24. The van der Waals surface area contributed by atoms with Crippen LogP contribution in [0, 0.1) is 0 Å².